The van der Waals surface area contributed by atoms with Gasteiger partial charge in [-0.25, -0.2) is 0 Å². The van der Waals surface area contributed by atoms with Gasteiger partial charge in [-0.3, -0.25) is 0 Å². The predicted octanol–water partition coefficient (Wildman–Crippen LogP) is 2.46. The fraction of sp³-hybridized carbons (Fsp3) is 0.462. The first kappa shape index (κ1) is 11.7. The van der Waals surface area contributed by atoms with E-state index in [9.17, 15) is 0 Å². The van der Waals surface area contributed by atoms with Crippen LogP contribution in [0.4, 0.5) is 0 Å². The van der Waals surface area contributed by atoms with Gasteiger partial charge in [-0.15, -0.1) is 0 Å². The van der Waals surface area contributed by atoms with E-state index in [2.05, 4.69) is 11.1 Å². The van der Waals surface area contributed by atoms with Crippen LogP contribution in [-0.4, -0.2) is 24.5 Å². The molecule has 1 saturated heterocycles. The monoisotopic (exact) mass is 234 g/mol. The summed E-state index contributed by atoms with van der Waals surface area (Å²) < 4.78 is 10.9. The van der Waals surface area contributed by atoms with E-state index in [1.54, 1.807) is 0 Å². The first-order valence-electron chi connectivity index (χ1n) is 5.58. The SMILES string of the molecule is Cc1cc(C)c(OCC2CO2)c(C)c1C#[N+]O. The summed E-state index contributed by atoms with van der Waals surface area (Å²) in [6, 6.07) is 4.59. The molecule has 0 radical (unpaired) electrons. The summed E-state index contributed by atoms with van der Waals surface area (Å²) in [4.78, 5) is 0. The molecule has 1 aliphatic heterocycles. The molecule has 0 aliphatic carbocycles. The molecule has 1 atom stereocenters. The van der Waals surface area contributed by atoms with Crippen LogP contribution in [-0.2, 0) is 4.74 Å². The number of nitrogens with zero attached hydrogens (tertiary/aromatic N) is 1. The van der Waals surface area contributed by atoms with E-state index in [1.165, 1.54) is 0 Å². The molecule has 1 unspecified atom stereocenters. The maximum Gasteiger partial charge on any atom is 0.388 e. The molecule has 90 valence electrons. The molecule has 2 rings (SSSR count). The summed E-state index contributed by atoms with van der Waals surface area (Å²) >= 11 is 0. The molecule has 1 aromatic rings. The Morgan fingerprint density at radius 1 is 1.47 bits per heavy atom. The zero-order valence-corrected chi connectivity index (χ0v) is 10.3. The van der Waals surface area contributed by atoms with Gasteiger partial charge in [-0.1, -0.05) is 6.07 Å². The van der Waals surface area contributed by atoms with Gasteiger partial charge in [0.25, 0.3) is 0 Å². The highest BCUT2D eigenvalue weighted by Crippen LogP contribution is 2.29. The van der Waals surface area contributed by atoms with Crippen LogP contribution in [0.15, 0.2) is 6.07 Å². The molecule has 17 heavy (non-hydrogen) atoms. The summed E-state index contributed by atoms with van der Waals surface area (Å²) in [5.41, 5.74) is 3.82. The fourth-order valence-corrected chi connectivity index (χ4v) is 1.95. The number of ether oxygens (including phenoxy) is 2. The maximum absolute atomic E-state index is 8.61. The minimum atomic E-state index is 0.231. The third-order valence-electron chi connectivity index (χ3n) is 2.88. The Bertz CT molecular complexity index is 496. The number of hydrogen-bond donors (Lipinski definition) is 1. The Morgan fingerprint density at radius 2 is 2.18 bits per heavy atom. The van der Waals surface area contributed by atoms with Crippen molar-refractivity contribution in [1.82, 2.24) is 0 Å². The molecule has 0 spiro atoms. The van der Waals surface area contributed by atoms with E-state index >= 15 is 0 Å². The summed E-state index contributed by atoms with van der Waals surface area (Å²) in [5, 5.41) is 11.6. The zero-order chi connectivity index (χ0) is 12.4. The second kappa shape index (κ2) is 4.64. The molecule has 1 fully saturated rings. The molecule has 0 saturated carbocycles. The lowest BCUT2D eigenvalue weighted by Gasteiger charge is -2.13. The van der Waals surface area contributed by atoms with Gasteiger partial charge in [-0.05, 0) is 31.9 Å². The zero-order valence-electron chi connectivity index (χ0n) is 10.3. The second-order valence-corrected chi connectivity index (χ2v) is 4.32. The molecule has 1 aliphatic rings. The smallest absolute Gasteiger partial charge is 0.388 e. The van der Waals surface area contributed by atoms with Crippen molar-refractivity contribution in [2.75, 3.05) is 13.2 Å². The second-order valence-electron chi connectivity index (χ2n) is 4.32. The third kappa shape index (κ3) is 2.51. The van der Waals surface area contributed by atoms with Crippen LogP contribution in [0.25, 0.3) is 5.01 Å². The summed E-state index contributed by atoms with van der Waals surface area (Å²) in [6.45, 7) is 7.25. The number of rotatable bonds is 3. The van der Waals surface area contributed by atoms with E-state index in [4.69, 9.17) is 14.7 Å². The highest BCUT2D eigenvalue weighted by Gasteiger charge is 2.24. The molecular weight excluding hydrogens is 218 g/mol. The molecule has 4 nitrogen and oxygen atoms in total. The summed E-state index contributed by atoms with van der Waals surface area (Å²) in [5.74, 6) is 0.831. The van der Waals surface area contributed by atoms with Crippen molar-refractivity contribution in [2.24, 2.45) is 0 Å². The van der Waals surface area contributed by atoms with Crippen molar-refractivity contribution in [3.8, 4) is 11.8 Å². The van der Waals surface area contributed by atoms with Crippen LogP contribution >= 0.6 is 0 Å². The summed E-state index contributed by atoms with van der Waals surface area (Å²) in [6.07, 6.45) is 0.231. The van der Waals surface area contributed by atoms with Gasteiger partial charge in [0, 0.05) is 5.56 Å². The van der Waals surface area contributed by atoms with Crippen molar-refractivity contribution in [1.29, 1.82) is 0 Å². The van der Waals surface area contributed by atoms with E-state index in [0.29, 0.717) is 6.61 Å². The van der Waals surface area contributed by atoms with Crippen molar-refractivity contribution in [2.45, 2.75) is 26.9 Å². The van der Waals surface area contributed by atoms with Crippen LogP contribution in [0.5, 0.6) is 5.75 Å². The lowest BCUT2D eigenvalue weighted by Crippen LogP contribution is -2.07. The highest BCUT2D eigenvalue weighted by atomic mass is 16.6. The van der Waals surface area contributed by atoms with Crippen molar-refractivity contribution < 1.29 is 14.7 Å². The molecule has 1 heterocycles. The average Bonchev–Trinajstić information content (AvgIpc) is 3.07. The molecule has 0 amide bonds. The Hall–Kier alpha value is -1.73. The number of aryl methyl sites for hydroxylation is 2. The first-order valence-corrected chi connectivity index (χ1v) is 5.58. The van der Waals surface area contributed by atoms with Crippen LogP contribution < -0.4 is 4.74 Å². The van der Waals surface area contributed by atoms with Crippen molar-refractivity contribution in [3.05, 3.63) is 33.3 Å². The lowest BCUT2D eigenvalue weighted by molar-refractivity contribution is 0.260. The normalized spacial score (nSPS) is 17.2. The quantitative estimate of drug-likeness (QED) is 0.645. The largest absolute Gasteiger partial charge is 0.490 e. The number of epoxide rings is 1. The lowest BCUT2D eigenvalue weighted by atomic mass is 9.99. The third-order valence-corrected chi connectivity index (χ3v) is 2.88. The van der Waals surface area contributed by atoms with Gasteiger partial charge in [0.2, 0.25) is 5.01 Å². The Labute approximate surface area is 101 Å². The van der Waals surface area contributed by atoms with Crippen molar-refractivity contribution >= 4 is 0 Å². The number of hydrogen-bond acceptors (Lipinski definition) is 3. The molecular formula is C13H16NO3+. The molecule has 1 aromatic carbocycles. The Kier molecular flexibility index (Phi) is 3.21. The van der Waals surface area contributed by atoms with E-state index in [1.807, 2.05) is 26.8 Å². The fourth-order valence-electron chi connectivity index (χ4n) is 1.95. The minimum absolute atomic E-state index is 0.231. The van der Waals surface area contributed by atoms with Gasteiger partial charge in [0.1, 0.15) is 24.0 Å². The van der Waals surface area contributed by atoms with E-state index in [0.717, 1.165) is 34.6 Å². The molecule has 1 N–H and O–H groups in total. The predicted molar refractivity (Wildman–Crippen MR) is 64.0 cm³/mol. The molecule has 4 heteroatoms. The van der Waals surface area contributed by atoms with E-state index in [-0.39, 0.29) is 6.10 Å². The highest BCUT2D eigenvalue weighted by molar-refractivity contribution is 5.55. The van der Waals surface area contributed by atoms with Crippen LogP contribution in [0, 0.1) is 26.8 Å². The van der Waals surface area contributed by atoms with Gasteiger partial charge in [-0.2, -0.15) is 5.21 Å². The average molecular weight is 234 g/mol. The Balaban J connectivity index is 2.33. The molecule has 0 bridgehead atoms. The van der Waals surface area contributed by atoms with Crippen LogP contribution in [0.3, 0.4) is 0 Å². The van der Waals surface area contributed by atoms with Crippen molar-refractivity contribution in [3.63, 3.8) is 0 Å². The van der Waals surface area contributed by atoms with Gasteiger partial charge in [0.05, 0.1) is 6.61 Å². The number of benzene rings is 1. The summed E-state index contributed by atoms with van der Waals surface area (Å²) in [7, 11) is 0. The first-order chi connectivity index (χ1) is 8.13. The van der Waals surface area contributed by atoms with Gasteiger partial charge in [0.15, 0.2) is 0 Å². The molecule has 0 aromatic heterocycles. The minimum Gasteiger partial charge on any atom is -0.490 e. The standard InChI is InChI=1S/C13H15NO3/c1-8-4-9(2)13(17-7-11-6-16-11)10(3)12(8)5-14-15/h4,11H,6-7H2,1-3H3/p+1. The topological polar surface area (TPSA) is 46.3 Å². The van der Waals surface area contributed by atoms with E-state index < -0.39 is 0 Å². The van der Waals surface area contributed by atoms with Crippen LogP contribution in [0.1, 0.15) is 22.3 Å². The van der Waals surface area contributed by atoms with Gasteiger partial charge >= 0.3 is 6.07 Å². The maximum atomic E-state index is 8.61. The van der Waals surface area contributed by atoms with Gasteiger partial charge < -0.3 is 9.47 Å². The Morgan fingerprint density at radius 3 is 2.76 bits per heavy atom. The van der Waals surface area contributed by atoms with Crippen LogP contribution in [0.2, 0.25) is 0 Å².